The predicted octanol–water partition coefficient (Wildman–Crippen LogP) is 2.26. The van der Waals surface area contributed by atoms with E-state index in [9.17, 15) is 24.7 Å². The average Bonchev–Trinajstić information content (AvgIpc) is 3.48. The zero-order chi connectivity index (χ0) is 29.8. The highest BCUT2D eigenvalue weighted by Gasteiger charge is 2.54. The summed E-state index contributed by atoms with van der Waals surface area (Å²) in [7, 11) is -3.99. The summed E-state index contributed by atoms with van der Waals surface area (Å²) in [6, 6.07) is 9.18. The van der Waals surface area contributed by atoms with Crippen LogP contribution in [0.5, 0.6) is 0 Å². The number of fused-ring (bicyclic) bond motifs is 1. The number of thioether (sulfide) groups is 1. The number of imidazole rings is 1. The number of nitrogens with one attached hydrogen (secondary N) is 1. The third-order valence-electron chi connectivity index (χ3n) is 6.65. The van der Waals surface area contributed by atoms with Crippen molar-refractivity contribution < 1.29 is 38.5 Å². The van der Waals surface area contributed by atoms with Crippen LogP contribution in [-0.2, 0) is 29.7 Å². The Bertz CT molecular complexity index is 1390. The first kappa shape index (κ1) is 34.0. The molecule has 5 atom stereocenters. The van der Waals surface area contributed by atoms with Gasteiger partial charge in [-0.2, -0.15) is 0 Å². The number of aromatic nitrogens is 4. The molecule has 42 heavy (non-hydrogen) atoms. The van der Waals surface area contributed by atoms with Gasteiger partial charge < -0.3 is 25.8 Å². The molecule has 0 radical (unpaired) electrons. The normalized spacial score (nSPS) is 23.9. The Labute approximate surface area is 248 Å². The minimum atomic E-state index is -3.99. The second kappa shape index (κ2) is 13.9. The van der Waals surface area contributed by atoms with Crippen molar-refractivity contribution >= 4 is 41.6 Å². The Hall–Kier alpha value is -2.46. The predicted molar refractivity (Wildman–Crippen MR) is 158 cm³/mol. The van der Waals surface area contributed by atoms with Crippen molar-refractivity contribution in [1.29, 1.82) is 0 Å². The number of carbonyl (C=O) groups is 1. The minimum Gasteiger partial charge on any atom is -0.395 e. The molecule has 0 aliphatic carbocycles. The van der Waals surface area contributed by atoms with Gasteiger partial charge >= 0.3 is 7.75 Å². The maximum absolute atomic E-state index is 13.7. The Morgan fingerprint density at radius 1 is 1.26 bits per heavy atom. The molecule has 14 nitrogen and oxygen atoms in total. The molecule has 1 aliphatic heterocycles. The molecule has 0 saturated carbocycles. The molecule has 1 aromatic carbocycles. The SMILES string of the molecule is C.CC(C)(CO)C(=O)SCCOP(=O)(NCc1ccccc1)OC[C@H]1O[C@@H](n2cnc3c(N)ncnc32)[C@](C)(O)[C@@H]1O. The zero-order valence-corrected chi connectivity index (χ0v) is 24.6. The Balaban J connectivity index is 0.00000484. The highest BCUT2D eigenvalue weighted by Crippen LogP contribution is 2.47. The van der Waals surface area contributed by atoms with Crippen LogP contribution in [0, 0.1) is 5.41 Å². The largest absolute Gasteiger partial charge is 0.405 e. The van der Waals surface area contributed by atoms with Gasteiger partial charge in [0.2, 0.25) is 0 Å². The molecule has 1 saturated heterocycles. The van der Waals surface area contributed by atoms with Gasteiger partial charge in [0.15, 0.2) is 22.8 Å². The quantitative estimate of drug-likeness (QED) is 0.136. The van der Waals surface area contributed by atoms with Crippen molar-refractivity contribution in [2.45, 2.75) is 58.8 Å². The molecule has 0 spiro atoms. The number of anilines is 1. The number of benzene rings is 1. The number of ether oxygens (including phenoxy) is 1. The zero-order valence-electron chi connectivity index (χ0n) is 22.9. The highest BCUT2D eigenvalue weighted by molar-refractivity contribution is 8.13. The minimum absolute atomic E-state index is 0. The van der Waals surface area contributed by atoms with E-state index in [0.29, 0.717) is 11.2 Å². The third-order valence-corrected chi connectivity index (χ3v) is 9.39. The summed E-state index contributed by atoms with van der Waals surface area (Å²) in [5, 5.41) is 34.1. The van der Waals surface area contributed by atoms with Crippen molar-refractivity contribution in [1.82, 2.24) is 24.6 Å². The molecule has 6 N–H and O–H groups in total. The molecule has 2 aromatic heterocycles. The summed E-state index contributed by atoms with van der Waals surface area (Å²) in [5.74, 6) is 0.315. The third kappa shape index (κ3) is 7.54. The van der Waals surface area contributed by atoms with E-state index in [2.05, 4.69) is 20.0 Å². The van der Waals surface area contributed by atoms with Crippen molar-refractivity contribution in [3.8, 4) is 0 Å². The number of nitrogens with zero attached hydrogens (tertiary/aromatic N) is 4. The van der Waals surface area contributed by atoms with Gasteiger partial charge in [-0.3, -0.25) is 18.4 Å². The molecule has 0 bridgehead atoms. The van der Waals surface area contributed by atoms with Crippen LogP contribution in [-0.4, -0.2) is 83.3 Å². The van der Waals surface area contributed by atoms with Gasteiger partial charge in [0.05, 0.1) is 31.6 Å². The molecule has 3 heterocycles. The summed E-state index contributed by atoms with van der Waals surface area (Å²) in [5.41, 5.74) is 4.57. The van der Waals surface area contributed by atoms with E-state index in [1.807, 2.05) is 30.3 Å². The second-order valence-electron chi connectivity index (χ2n) is 10.4. The average molecular weight is 627 g/mol. The summed E-state index contributed by atoms with van der Waals surface area (Å²) in [6.07, 6.45) is -1.06. The fraction of sp³-hybridized carbons (Fsp3) is 0.538. The standard InChI is InChI=1S/C25H35N6O8PS.CH4/c1-24(2,13-32)23(34)41-10-9-37-40(36,30-11-16-7-5-4-6-8-16)38-12-17-19(33)25(3,35)22(39-17)31-15-29-18-20(26)27-14-28-21(18)31;/h4-8,14-15,17,19,22,32-33,35H,9-13H2,1-3H3,(H,30,36)(H2,26,27,28);1H4/t17-,19-,22-,25-,40?;/m1./s1. The maximum atomic E-state index is 13.7. The lowest BCUT2D eigenvalue weighted by Gasteiger charge is -2.27. The van der Waals surface area contributed by atoms with E-state index in [1.165, 1.54) is 24.1 Å². The number of nitrogens with two attached hydrogens (primary N) is 1. The second-order valence-corrected chi connectivity index (χ2v) is 13.3. The van der Waals surface area contributed by atoms with E-state index in [4.69, 9.17) is 19.5 Å². The van der Waals surface area contributed by atoms with Crippen molar-refractivity contribution in [3.63, 3.8) is 0 Å². The van der Waals surface area contributed by atoms with Gasteiger partial charge in [-0.15, -0.1) is 0 Å². The van der Waals surface area contributed by atoms with E-state index >= 15 is 0 Å². The smallest absolute Gasteiger partial charge is 0.395 e. The van der Waals surface area contributed by atoms with E-state index in [-0.39, 0.29) is 43.9 Å². The van der Waals surface area contributed by atoms with E-state index < -0.39 is 43.8 Å². The first-order valence-electron chi connectivity index (χ1n) is 12.8. The number of aliphatic hydroxyl groups is 3. The lowest BCUT2D eigenvalue weighted by atomic mass is 9.96. The van der Waals surface area contributed by atoms with Gasteiger partial charge in [-0.25, -0.2) is 24.6 Å². The van der Waals surface area contributed by atoms with E-state index in [1.54, 1.807) is 13.8 Å². The van der Waals surface area contributed by atoms with Crippen molar-refractivity contribution in [2.75, 3.05) is 31.3 Å². The molecule has 3 aromatic rings. The number of hydrogen-bond acceptors (Lipinski definition) is 13. The summed E-state index contributed by atoms with van der Waals surface area (Å²) >= 11 is 0.953. The Kier molecular flexibility index (Phi) is 11.3. The summed E-state index contributed by atoms with van der Waals surface area (Å²) in [4.78, 5) is 24.6. The molecule has 0 amide bonds. The monoisotopic (exact) mass is 626 g/mol. The van der Waals surface area contributed by atoms with Gasteiger partial charge in [-0.1, -0.05) is 49.5 Å². The molecule has 4 rings (SSSR count). The van der Waals surface area contributed by atoms with Crippen LogP contribution in [0.25, 0.3) is 11.2 Å². The number of nitrogen functional groups attached to an aromatic ring is 1. The van der Waals surface area contributed by atoms with Crippen LogP contribution in [0.1, 0.15) is 40.0 Å². The topological polar surface area (TPSA) is 204 Å². The molecule has 232 valence electrons. The lowest BCUT2D eigenvalue weighted by Crippen LogP contribution is -2.44. The van der Waals surface area contributed by atoms with Crippen LogP contribution in [0.2, 0.25) is 0 Å². The van der Waals surface area contributed by atoms with Crippen LogP contribution in [0.3, 0.4) is 0 Å². The first-order chi connectivity index (χ1) is 19.4. The van der Waals surface area contributed by atoms with Gasteiger partial charge in [-0.05, 0) is 26.3 Å². The van der Waals surface area contributed by atoms with Gasteiger partial charge in [0, 0.05) is 12.3 Å². The summed E-state index contributed by atoms with van der Waals surface area (Å²) < 4.78 is 32.4. The van der Waals surface area contributed by atoms with Crippen molar-refractivity contribution in [3.05, 3.63) is 48.5 Å². The number of aliphatic hydroxyl groups excluding tert-OH is 2. The summed E-state index contributed by atoms with van der Waals surface area (Å²) in [6.45, 7) is 3.99. The molecule has 1 fully saturated rings. The Morgan fingerprint density at radius 2 is 1.98 bits per heavy atom. The fourth-order valence-electron chi connectivity index (χ4n) is 4.06. The van der Waals surface area contributed by atoms with Crippen molar-refractivity contribution in [2.24, 2.45) is 5.41 Å². The molecule has 1 aliphatic rings. The first-order valence-corrected chi connectivity index (χ1v) is 15.4. The van der Waals surface area contributed by atoms with E-state index in [0.717, 1.165) is 17.3 Å². The maximum Gasteiger partial charge on any atom is 0.405 e. The fourth-order valence-corrected chi connectivity index (χ4v) is 6.29. The number of rotatable bonds is 13. The Morgan fingerprint density at radius 3 is 2.67 bits per heavy atom. The van der Waals surface area contributed by atoms with Crippen LogP contribution in [0.4, 0.5) is 5.82 Å². The van der Waals surface area contributed by atoms with Gasteiger partial charge in [0.1, 0.15) is 29.7 Å². The molecular weight excluding hydrogens is 587 g/mol. The molecular formula is C26H39N6O8PS. The lowest BCUT2D eigenvalue weighted by molar-refractivity contribution is -0.119. The number of carbonyl (C=O) groups excluding carboxylic acids is 1. The van der Waals surface area contributed by atoms with Crippen LogP contribution < -0.4 is 10.8 Å². The number of hydrogen-bond donors (Lipinski definition) is 5. The molecule has 16 heteroatoms. The highest BCUT2D eigenvalue weighted by atomic mass is 32.2. The van der Waals surface area contributed by atoms with Gasteiger partial charge in [0.25, 0.3) is 0 Å². The van der Waals surface area contributed by atoms with Crippen LogP contribution >= 0.6 is 19.5 Å². The molecule has 1 unspecified atom stereocenters. The van der Waals surface area contributed by atoms with Crippen LogP contribution in [0.15, 0.2) is 43.0 Å².